The lowest BCUT2D eigenvalue weighted by Crippen LogP contribution is -2.36. The van der Waals surface area contributed by atoms with Crippen molar-refractivity contribution in [3.63, 3.8) is 0 Å². The molecule has 0 spiro atoms. The number of aromatic nitrogens is 1. The van der Waals surface area contributed by atoms with Crippen molar-refractivity contribution in [1.82, 2.24) is 9.47 Å². The Morgan fingerprint density at radius 3 is 2.52 bits per heavy atom. The van der Waals surface area contributed by atoms with Crippen molar-refractivity contribution in [3.05, 3.63) is 70.7 Å². The monoisotopic (exact) mass is 366 g/mol. The van der Waals surface area contributed by atoms with Gasteiger partial charge in [-0.25, -0.2) is 9.36 Å². The normalized spacial score (nSPS) is 17.4. The summed E-state index contributed by atoms with van der Waals surface area (Å²) in [6.07, 6.45) is 3.17. The van der Waals surface area contributed by atoms with E-state index in [1.165, 1.54) is 23.0 Å². The number of oxazole rings is 1. The van der Waals surface area contributed by atoms with Gasteiger partial charge in [-0.1, -0.05) is 42.5 Å². The van der Waals surface area contributed by atoms with Gasteiger partial charge in [-0.05, 0) is 56.0 Å². The summed E-state index contributed by atoms with van der Waals surface area (Å²) in [5.74, 6) is 0.235. The molecule has 142 valence electrons. The van der Waals surface area contributed by atoms with E-state index in [0.29, 0.717) is 17.5 Å². The third-order valence-corrected chi connectivity index (χ3v) is 5.59. The molecule has 1 unspecified atom stereocenters. The molecule has 1 aliphatic heterocycles. The number of aliphatic hydroxyl groups excluding tert-OH is 1. The maximum atomic E-state index is 12.1. The van der Waals surface area contributed by atoms with Gasteiger partial charge in [0.2, 0.25) is 0 Å². The van der Waals surface area contributed by atoms with Crippen molar-refractivity contribution in [1.29, 1.82) is 0 Å². The first-order chi connectivity index (χ1) is 13.2. The first-order valence-electron chi connectivity index (χ1n) is 9.75. The van der Waals surface area contributed by atoms with Gasteiger partial charge >= 0.3 is 5.76 Å². The van der Waals surface area contributed by atoms with Crippen LogP contribution in [-0.2, 0) is 6.42 Å². The highest BCUT2D eigenvalue weighted by atomic mass is 16.4. The zero-order valence-electron chi connectivity index (χ0n) is 15.5. The van der Waals surface area contributed by atoms with E-state index in [-0.39, 0.29) is 0 Å². The molecule has 2 heterocycles. The number of likely N-dealkylation sites (tertiary alicyclic amines) is 1. The Bertz CT molecular complexity index is 923. The molecule has 1 atom stereocenters. The van der Waals surface area contributed by atoms with E-state index >= 15 is 0 Å². The standard InChI is InChI=1S/C22H26N2O3/c25-21(24-19-8-4-5-9-20(19)27-22(24)26)12-15-23-13-10-18(11-14-23)16-17-6-2-1-3-7-17/h1-9,18,21,25H,10-16H2. The van der Waals surface area contributed by atoms with Crippen molar-refractivity contribution < 1.29 is 9.52 Å². The van der Waals surface area contributed by atoms with Crippen LogP contribution < -0.4 is 5.76 Å². The predicted molar refractivity (Wildman–Crippen MR) is 106 cm³/mol. The topological polar surface area (TPSA) is 58.6 Å². The van der Waals surface area contributed by atoms with Crippen molar-refractivity contribution in [2.45, 2.75) is 31.9 Å². The first-order valence-corrected chi connectivity index (χ1v) is 9.75. The summed E-state index contributed by atoms with van der Waals surface area (Å²) < 4.78 is 6.58. The number of aliphatic hydroxyl groups is 1. The summed E-state index contributed by atoms with van der Waals surface area (Å²) in [4.78, 5) is 14.5. The molecule has 27 heavy (non-hydrogen) atoms. The highest BCUT2D eigenvalue weighted by molar-refractivity contribution is 5.72. The van der Waals surface area contributed by atoms with Gasteiger partial charge in [0.1, 0.15) is 6.23 Å². The van der Waals surface area contributed by atoms with Gasteiger partial charge in [-0.15, -0.1) is 0 Å². The van der Waals surface area contributed by atoms with E-state index in [0.717, 1.165) is 32.0 Å². The Morgan fingerprint density at radius 2 is 1.74 bits per heavy atom. The van der Waals surface area contributed by atoms with E-state index in [4.69, 9.17) is 4.42 Å². The maximum Gasteiger partial charge on any atom is 0.422 e. The van der Waals surface area contributed by atoms with Gasteiger partial charge in [-0.2, -0.15) is 0 Å². The molecule has 0 aliphatic carbocycles. The molecule has 2 aromatic carbocycles. The first kappa shape index (κ1) is 18.0. The number of fused-ring (bicyclic) bond motifs is 1. The second-order valence-electron chi connectivity index (χ2n) is 7.45. The molecular weight excluding hydrogens is 340 g/mol. The minimum absolute atomic E-state index is 0.495. The van der Waals surface area contributed by atoms with Crippen molar-refractivity contribution in [2.75, 3.05) is 19.6 Å². The number of hydrogen-bond donors (Lipinski definition) is 1. The lowest BCUT2D eigenvalue weighted by atomic mass is 9.90. The van der Waals surface area contributed by atoms with Crippen molar-refractivity contribution >= 4 is 11.1 Å². The number of benzene rings is 2. The molecule has 4 rings (SSSR count). The summed E-state index contributed by atoms with van der Waals surface area (Å²) >= 11 is 0. The molecule has 0 amide bonds. The van der Waals surface area contributed by atoms with Crippen LogP contribution in [0.25, 0.3) is 11.1 Å². The van der Waals surface area contributed by atoms with Crippen LogP contribution in [0.3, 0.4) is 0 Å². The maximum absolute atomic E-state index is 12.1. The van der Waals surface area contributed by atoms with Crippen molar-refractivity contribution in [3.8, 4) is 0 Å². The van der Waals surface area contributed by atoms with Crippen LogP contribution in [0.5, 0.6) is 0 Å². The van der Waals surface area contributed by atoms with Gasteiger partial charge in [0, 0.05) is 13.0 Å². The molecule has 0 saturated carbocycles. The third-order valence-electron chi connectivity index (χ3n) is 5.59. The zero-order chi connectivity index (χ0) is 18.6. The Hall–Kier alpha value is -2.37. The molecule has 0 radical (unpaired) electrons. The average molecular weight is 366 g/mol. The van der Waals surface area contributed by atoms with E-state index in [1.807, 2.05) is 12.1 Å². The fourth-order valence-corrected chi connectivity index (χ4v) is 4.06. The van der Waals surface area contributed by atoms with Gasteiger partial charge in [0.15, 0.2) is 5.58 Å². The molecule has 1 saturated heterocycles. The summed E-state index contributed by atoms with van der Waals surface area (Å²) in [5, 5.41) is 10.5. The Kier molecular flexibility index (Phi) is 5.41. The Labute approximate surface area is 158 Å². The lowest BCUT2D eigenvalue weighted by Gasteiger charge is -2.32. The van der Waals surface area contributed by atoms with Crippen LogP contribution in [0, 0.1) is 5.92 Å². The van der Waals surface area contributed by atoms with E-state index < -0.39 is 12.0 Å². The largest absolute Gasteiger partial charge is 0.422 e. The average Bonchev–Trinajstić information content (AvgIpc) is 3.04. The fraction of sp³-hybridized carbons (Fsp3) is 0.409. The van der Waals surface area contributed by atoms with Crippen LogP contribution in [0.1, 0.15) is 31.1 Å². The zero-order valence-corrected chi connectivity index (χ0v) is 15.5. The Morgan fingerprint density at radius 1 is 1.04 bits per heavy atom. The molecule has 1 fully saturated rings. The summed E-state index contributed by atoms with van der Waals surface area (Å²) in [7, 11) is 0. The lowest BCUT2D eigenvalue weighted by molar-refractivity contribution is 0.0696. The predicted octanol–water partition coefficient (Wildman–Crippen LogP) is 3.43. The highest BCUT2D eigenvalue weighted by Crippen LogP contribution is 2.23. The van der Waals surface area contributed by atoms with Gasteiger partial charge in [0.05, 0.1) is 5.52 Å². The summed E-state index contributed by atoms with van der Waals surface area (Å²) in [6.45, 7) is 2.88. The quantitative estimate of drug-likeness (QED) is 0.726. The molecule has 5 nitrogen and oxygen atoms in total. The SMILES string of the molecule is O=c1oc2ccccc2n1C(O)CCN1CCC(Cc2ccccc2)CC1. The third kappa shape index (κ3) is 4.15. The molecular formula is C22H26N2O3. The number of piperidine rings is 1. The van der Waals surface area contributed by atoms with Gasteiger partial charge in [0.25, 0.3) is 0 Å². The van der Waals surface area contributed by atoms with Gasteiger partial charge < -0.3 is 14.4 Å². The molecule has 0 bridgehead atoms. The van der Waals surface area contributed by atoms with Crippen LogP contribution >= 0.6 is 0 Å². The fourth-order valence-electron chi connectivity index (χ4n) is 4.06. The van der Waals surface area contributed by atoms with Crippen molar-refractivity contribution in [2.24, 2.45) is 5.92 Å². The number of para-hydroxylation sites is 2. The molecule has 1 aromatic heterocycles. The number of hydrogen-bond acceptors (Lipinski definition) is 4. The van der Waals surface area contributed by atoms with Crippen LogP contribution in [0.2, 0.25) is 0 Å². The van der Waals surface area contributed by atoms with Gasteiger partial charge in [-0.3, -0.25) is 0 Å². The van der Waals surface area contributed by atoms with Crippen LogP contribution in [0.15, 0.2) is 63.8 Å². The molecule has 5 heteroatoms. The van der Waals surface area contributed by atoms with E-state index in [1.54, 1.807) is 12.1 Å². The molecule has 3 aromatic rings. The smallest absolute Gasteiger partial charge is 0.408 e. The molecule has 1 N–H and O–H groups in total. The summed E-state index contributed by atoms with van der Waals surface area (Å²) in [5.41, 5.74) is 2.58. The second kappa shape index (κ2) is 8.11. The highest BCUT2D eigenvalue weighted by Gasteiger charge is 2.21. The molecule has 1 aliphatic rings. The van der Waals surface area contributed by atoms with Crippen LogP contribution in [0.4, 0.5) is 0 Å². The summed E-state index contributed by atoms with van der Waals surface area (Å²) in [6, 6.07) is 17.9. The number of rotatable bonds is 6. The van der Waals surface area contributed by atoms with E-state index in [2.05, 4.69) is 35.2 Å². The Balaban J connectivity index is 1.29. The second-order valence-corrected chi connectivity index (χ2v) is 7.45. The van der Waals surface area contributed by atoms with E-state index in [9.17, 15) is 9.90 Å². The minimum atomic E-state index is -0.858. The van der Waals surface area contributed by atoms with Crippen LogP contribution in [-0.4, -0.2) is 34.2 Å². The minimum Gasteiger partial charge on any atom is -0.408 e. The number of nitrogens with zero attached hydrogens (tertiary/aromatic N) is 2.